The molecule has 0 atom stereocenters. The Bertz CT molecular complexity index is 593. The molecule has 0 radical (unpaired) electrons. The predicted octanol–water partition coefficient (Wildman–Crippen LogP) is 0.605. The molecule has 0 fully saturated rings. The molecule has 19 heavy (non-hydrogen) atoms. The monoisotopic (exact) mass is 275 g/mol. The van der Waals surface area contributed by atoms with Gasteiger partial charge >= 0.3 is 0 Å². The van der Waals surface area contributed by atoms with Crippen LogP contribution in [0.2, 0.25) is 0 Å². The zero-order valence-corrected chi connectivity index (χ0v) is 11.0. The highest BCUT2D eigenvalue weighted by molar-refractivity contribution is 7.12. The van der Waals surface area contributed by atoms with Crippen molar-refractivity contribution in [2.45, 2.75) is 13.1 Å². The lowest BCUT2D eigenvalue weighted by Crippen LogP contribution is -2.26. The van der Waals surface area contributed by atoms with E-state index in [0.29, 0.717) is 6.54 Å². The van der Waals surface area contributed by atoms with Crippen molar-refractivity contribution < 1.29 is 9.90 Å². The average molecular weight is 275 g/mol. The SMILES string of the molecule is O=C(Cn1cccn1)NCc1ccc(C#CCO)s1. The minimum atomic E-state index is -0.145. The van der Waals surface area contributed by atoms with Crippen LogP contribution in [0, 0.1) is 11.8 Å². The van der Waals surface area contributed by atoms with Gasteiger partial charge in [-0.2, -0.15) is 5.10 Å². The fourth-order valence-electron chi connectivity index (χ4n) is 1.45. The second-order valence-corrected chi connectivity index (χ2v) is 4.87. The van der Waals surface area contributed by atoms with Crippen molar-refractivity contribution in [2.24, 2.45) is 0 Å². The Morgan fingerprint density at radius 2 is 2.42 bits per heavy atom. The number of carbonyl (C=O) groups is 1. The molecule has 1 amide bonds. The molecule has 0 aliphatic heterocycles. The highest BCUT2D eigenvalue weighted by Gasteiger charge is 2.04. The van der Waals surface area contributed by atoms with E-state index in [1.807, 2.05) is 12.1 Å². The van der Waals surface area contributed by atoms with Gasteiger partial charge in [0, 0.05) is 17.3 Å². The van der Waals surface area contributed by atoms with Gasteiger partial charge in [0.15, 0.2) is 0 Å². The smallest absolute Gasteiger partial charge is 0.242 e. The number of hydrogen-bond donors (Lipinski definition) is 2. The van der Waals surface area contributed by atoms with Gasteiger partial charge in [-0.1, -0.05) is 11.8 Å². The van der Waals surface area contributed by atoms with Gasteiger partial charge < -0.3 is 10.4 Å². The van der Waals surface area contributed by atoms with Crippen LogP contribution in [0.5, 0.6) is 0 Å². The number of aromatic nitrogens is 2. The van der Waals surface area contributed by atoms with E-state index in [4.69, 9.17) is 5.11 Å². The van der Waals surface area contributed by atoms with Gasteiger partial charge in [-0.25, -0.2) is 0 Å². The van der Waals surface area contributed by atoms with E-state index >= 15 is 0 Å². The number of hydrogen-bond acceptors (Lipinski definition) is 4. The lowest BCUT2D eigenvalue weighted by atomic mass is 10.4. The van der Waals surface area contributed by atoms with Gasteiger partial charge in [-0.05, 0) is 18.2 Å². The van der Waals surface area contributed by atoms with Crippen LogP contribution in [0.15, 0.2) is 30.6 Å². The van der Waals surface area contributed by atoms with Crippen molar-refractivity contribution in [1.29, 1.82) is 0 Å². The Morgan fingerprint density at radius 1 is 1.53 bits per heavy atom. The predicted molar refractivity (Wildman–Crippen MR) is 72.4 cm³/mol. The molecule has 0 bridgehead atoms. The van der Waals surface area contributed by atoms with Crippen LogP contribution in [0.4, 0.5) is 0 Å². The second kappa shape index (κ2) is 6.73. The number of thiophene rings is 1. The van der Waals surface area contributed by atoms with Crippen LogP contribution >= 0.6 is 11.3 Å². The van der Waals surface area contributed by atoms with Crippen molar-refractivity contribution in [3.63, 3.8) is 0 Å². The Morgan fingerprint density at radius 3 is 3.16 bits per heavy atom. The molecule has 0 spiro atoms. The first-order chi connectivity index (χ1) is 9.28. The topological polar surface area (TPSA) is 67.2 Å². The first-order valence-electron chi connectivity index (χ1n) is 5.70. The van der Waals surface area contributed by atoms with E-state index in [1.54, 1.807) is 23.1 Å². The number of nitrogens with one attached hydrogen (secondary N) is 1. The first-order valence-corrected chi connectivity index (χ1v) is 6.52. The quantitative estimate of drug-likeness (QED) is 0.803. The third-order valence-corrected chi connectivity index (χ3v) is 3.28. The molecule has 6 heteroatoms. The molecule has 0 aromatic carbocycles. The summed E-state index contributed by atoms with van der Waals surface area (Å²) in [6.45, 7) is 0.551. The number of nitrogens with zero attached hydrogens (tertiary/aromatic N) is 2. The van der Waals surface area contributed by atoms with E-state index in [-0.39, 0.29) is 19.1 Å². The lowest BCUT2D eigenvalue weighted by Gasteiger charge is -2.03. The molecule has 98 valence electrons. The minimum absolute atomic E-state index is 0.0832. The van der Waals surface area contributed by atoms with Gasteiger partial charge in [0.2, 0.25) is 5.91 Å². The second-order valence-electron chi connectivity index (χ2n) is 3.71. The molecule has 2 rings (SSSR count). The summed E-state index contributed by atoms with van der Waals surface area (Å²) in [7, 11) is 0. The molecular formula is C13H13N3O2S. The molecule has 2 N–H and O–H groups in total. The van der Waals surface area contributed by atoms with E-state index in [2.05, 4.69) is 22.3 Å². The number of aliphatic hydroxyl groups is 1. The highest BCUT2D eigenvalue weighted by Crippen LogP contribution is 2.14. The van der Waals surface area contributed by atoms with E-state index < -0.39 is 0 Å². The first kappa shape index (κ1) is 13.3. The standard InChI is InChI=1S/C13H13N3O2S/c17-8-1-3-11-4-5-12(19-11)9-14-13(18)10-16-7-2-6-15-16/h2,4-7,17H,8-10H2,(H,14,18). The Hall–Kier alpha value is -2.10. The van der Waals surface area contributed by atoms with E-state index in [0.717, 1.165) is 9.75 Å². The highest BCUT2D eigenvalue weighted by atomic mass is 32.1. The summed E-state index contributed by atoms with van der Waals surface area (Å²) in [6, 6.07) is 5.57. The molecule has 5 nitrogen and oxygen atoms in total. The fraction of sp³-hybridized carbons (Fsp3) is 0.231. The molecule has 2 heterocycles. The third-order valence-electron chi connectivity index (χ3n) is 2.28. The molecule has 0 saturated heterocycles. The molecule has 0 saturated carbocycles. The molecular weight excluding hydrogens is 262 g/mol. The maximum Gasteiger partial charge on any atom is 0.242 e. The van der Waals surface area contributed by atoms with E-state index in [9.17, 15) is 4.79 Å². The van der Waals surface area contributed by atoms with Crippen LogP contribution in [0.3, 0.4) is 0 Å². The molecule has 2 aromatic heterocycles. The summed E-state index contributed by atoms with van der Waals surface area (Å²) in [4.78, 5) is 13.5. The number of aliphatic hydroxyl groups excluding tert-OH is 1. The van der Waals surface area contributed by atoms with Crippen LogP contribution in [0.1, 0.15) is 9.75 Å². The van der Waals surface area contributed by atoms with Crippen molar-refractivity contribution in [2.75, 3.05) is 6.61 Å². The number of rotatable bonds is 4. The third kappa shape index (κ3) is 4.25. The van der Waals surface area contributed by atoms with E-state index in [1.165, 1.54) is 11.3 Å². The van der Waals surface area contributed by atoms with Crippen LogP contribution in [0.25, 0.3) is 0 Å². The number of amides is 1. The normalized spacial score (nSPS) is 9.74. The Balaban J connectivity index is 1.81. The summed E-state index contributed by atoms with van der Waals surface area (Å²) in [5.74, 6) is 5.34. The molecule has 0 unspecified atom stereocenters. The molecule has 0 aliphatic carbocycles. The van der Waals surface area contributed by atoms with Crippen LogP contribution < -0.4 is 5.32 Å². The van der Waals surface area contributed by atoms with Crippen LogP contribution in [-0.4, -0.2) is 27.4 Å². The summed E-state index contributed by atoms with van der Waals surface area (Å²) >= 11 is 1.50. The van der Waals surface area contributed by atoms with Crippen molar-refractivity contribution in [3.05, 3.63) is 40.3 Å². The maximum absolute atomic E-state index is 11.6. The fourth-order valence-corrected chi connectivity index (χ4v) is 2.27. The van der Waals surface area contributed by atoms with Crippen molar-refractivity contribution >= 4 is 17.2 Å². The largest absolute Gasteiger partial charge is 0.384 e. The van der Waals surface area contributed by atoms with Crippen LogP contribution in [-0.2, 0) is 17.9 Å². The summed E-state index contributed by atoms with van der Waals surface area (Å²) in [5.41, 5.74) is 0. The number of carbonyl (C=O) groups excluding carboxylic acids is 1. The zero-order chi connectivity index (χ0) is 13.5. The Kier molecular flexibility index (Phi) is 4.72. The van der Waals surface area contributed by atoms with Crippen molar-refractivity contribution in [1.82, 2.24) is 15.1 Å². The Labute approximate surface area is 114 Å². The van der Waals surface area contributed by atoms with Crippen molar-refractivity contribution in [3.8, 4) is 11.8 Å². The summed E-state index contributed by atoms with van der Waals surface area (Å²) in [6.07, 6.45) is 3.38. The average Bonchev–Trinajstić information content (AvgIpc) is 3.05. The minimum Gasteiger partial charge on any atom is -0.384 e. The zero-order valence-electron chi connectivity index (χ0n) is 10.2. The van der Waals surface area contributed by atoms with Gasteiger partial charge in [0.1, 0.15) is 13.2 Å². The van der Waals surface area contributed by atoms with Gasteiger partial charge in [0.05, 0.1) is 11.4 Å². The van der Waals surface area contributed by atoms with Gasteiger partial charge in [-0.3, -0.25) is 9.48 Å². The van der Waals surface area contributed by atoms with Gasteiger partial charge in [0.25, 0.3) is 0 Å². The molecule has 0 aliphatic rings. The summed E-state index contributed by atoms with van der Waals surface area (Å²) < 4.78 is 1.57. The maximum atomic E-state index is 11.6. The lowest BCUT2D eigenvalue weighted by molar-refractivity contribution is -0.122. The van der Waals surface area contributed by atoms with Gasteiger partial charge in [-0.15, -0.1) is 11.3 Å². The molecule has 2 aromatic rings. The summed E-state index contributed by atoms with van der Waals surface area (Å²) in [5, 5.41) is 15.4.